The number of nitro benzene ring substituents is 1. The maximum absolute atomic E-state index is 13.0. The minimum atomic E-state index is -3.78. The smallest absolute Gasteiger partial charge is 0.307 e. The zero-order valence-corrected chi connectivity index (χ0v) is 21.0. The van der Waals surface area contributed by atoms with Gasteiger partial charge >= 0.3 is 5.97 Å². The highest BCUT2D eigenvalue weighted by Gasteiger charge is 2.27. The number of esters is 1. The van der Waals surface area contributed by atoms with Gasteiger partial charge in [0.1, 0.15) is 0 Å². The number of non-ortho nitro benzene ring substituents is 1. The molecule has 0 spiro atoms. The van der Waals surface area contributed by atoms with E-state index in [9.17, 15) is 28.1 Å². The van der Waals surface area contributed by atoms with E-state index in [-0.39, 0.29) is 20.7 Å². The summed E-state index contributed by atoms with van der Waals surface area (Å²) >= 11 is 8.96. The van der Waals surface area contributed by atoms with Crippen LogP contribution in [0.5, 0.6) is 0 Å². The Labute approximate surface area is 214 Å². The molecule has 0 bridgehead atoms. The summed E-state index contributed by atoms with van der Waals surface area (Å²) in [5, 5.41) is 13.9. The number of ether oxygens (including phenoxy) is 1. The third kappa shape index (κ3) is 7.10. The van der Waals surface area contributed by atoms with Crippen molar-refractivity contribution in [2.24, 2.45) is 0 Å². The lowest BCUT2D eigenvalue weighted by atomic mass is 10.1. The Morgan fingerprint density at radius 2 is 1.71 bits per heavy atom. The van der Waals surface area contributed by atoms with Crippen LogP contribution in [0.4, 0.5) is 11.4 Å². The van der Waals surface area contributed by atoms with E-state index in [2.05, 4.69) is 21.2 Å². The van der Waals surface area contributed by atoms with Gasteiger partial charge in [-0.25, -0.2) is 8.42 Å². The van der Waals surface area contributed by atoms with E-state index in [0.717, 1.165) is 0 Å². The van der Waals surface area contributed by atoms with Gasteiger partial charge in [0.2, 0.25) is 6.10 Å². The number of nitro groups is 1. The summed E-state index contributed by atoms with van der Waals surface area (Å²) < 4.78 is 30.6. The molecule has 182 valence electrons. The van der Waals surface area contributed by atoms with E-state index in [4.69, 9.17) is 16.3 Å². The number of carbonyl (C=O) groups excluding carboxylic acids is 2. The first-order valence-corrected chi connectivity index (χ1v) is 12.9. The van der Waals surface area contributed by atoms with Crippen molar-refractivity contribution in [2.75, 3.05) is 11.1 Å². The molecular weight excluding hydrogens is 564 g/mol. The van der Waals surface area contributed by atoms with E-state index in [0.29, 0.717) is 10.6 Å². The normalized spacial score (nSPS) is 11.9. The largest absolute Gasteiger partial charge is 0.447 e. The first-order chi connectivity index (χ1) is 16.6. The molecule has 0 saturated carbocycles. The van der Waals surface area contributed by atoms with Crippen molar-refractivity contribution >= 4 is 60.6 Å². The molecule has 0 aromatic heterocycles. The van der Waals surface area contributed by atoms with Crippen LogP contribution in [0, 0.1) is 10.1 Å². The lowest BCUT2D eigenvalue weighted by molar-refractivity contribution is -0.384. The minimum Gasteiger partial charge on any atom is -0.447 e. The lowest BCUT2D eigenvalue weighted by Crippen LogP contribution is -2.26. The van der Waals surface area contributed by atoms with Gasteiger partial charge in [0, 0.05) is 27.2 Å². The fourth-order valence-corrected chi connectivity index (χ4v) is 4.80. The first-order valence-electron chi connectivity index (χ1n) is 10.0. The molecule has 0 aliphatic rings. The Hall–Kier alpha value is -3.28. The molecule has 0 aliphatic carbocycles. The van der Waals surface area contributed by atoms with Crippen molar-refractivity contribution in [1.82, 2.24) is 0 Å². The summed E-state index contributed by atoms with van der Waals surface area (Å²) in [4.78, 5) is 35.9. The third-order valence-electron chi connectivity index (χ3n) is 4.76. The molecule has 1 N–H and O–H groups in total. The SMILES string of the molecule is O=C(CCS(=O)(=O)c1ccc(Cl)cc1)O[C@@H](C(=O)Nc1ccc([N+](=O)[O-])cc1Br)c1ccccc1. The highest BCUT2D eigenvalue weighted by Crippen LogP contribution is 2.29. The predicted octanol–water partition coefficient (Wildman–Crippen LogP) is 5.10. The van der Waals surface area contributed by atoms with Gasteiger partial charge in [0.05, 0.1) is 27.7 Å². The topological polar surface area (TPSA) is 133 Å². The van der Waals surface area contributed by atoms with Crippen molar-refractivity contribution in [3.8, 4) is 0 Å². The minimum absolute atomic E-state index is 0.00933. The Bertz CT molecular complexity index is 1350. The van der Waals surface area contributed by atoms with Crippen LogP contribution in [0.15, 0.2) is 82.2 Å². The number of nitrogens with zero attached hydrogens (tertiary/aromatic N) is 1. The number of sulfone groups is 1. The first kappa shape index (κ1) is 26.3. The van der Waals surface area contributed by atoms with Crippen LogP contribution in [-0.4, -0.2) is 31.0 Å². The average Bonchev–Trinajstić information content (AvgIpc) is 2.83. The summed E-state index contributed by atoms with van der Waals surface area (Å²) in [7, 11) is -3.78. The second-order valence-corrected chi connectivity index (χ2v) is 10.6. The van der Waals surface area contributed by atoms with E-state index in [1.165, 1.54) is 42.5 Å². The number of hydrogen-bond acceptors (Lipinski definition) is 7. The molecular formula is C23H18BrClN2O7S. The highest BCUT2D eigenvalue weighted by atomic mass is 79.9. The summed E-state index contributed by atoms with van der Waals surface area (Å²) in [6.07, 6.45) is -1.87. The molecule has 3 rings (SSSR count). The second kappa shape index (κ2) is 11.4. The van der Waals surface area contributed by atoms with E-state index >= 15 is 0 Å². The van der Waals surface area contributed by atoms with Gasteiger partial charge in [-0.15, -0.1) is 0 Å². The van der Waals surface area contributed by atoms with Gasteiger partial charge in [-0.05, 0) is 46.3 Å². The monoisotopic (exact) mass is 580 g/mol. The van der Waals surface area contributed by atoms with E-state index in [1.54, 1.807) is 30.3 Å². The van der Waals surface area contributed by atoms with Crippen LogP contribution in [-0.2, 0) is 24.2 Å². The quantitative estimate of drug-likeness (QED) is 0.211. The zero-order chi connectivity index (χ0) is 25.6. The zero-order valence-electron chi connectivity index (χ0n) is 17.9. The number of amides is 1. The van der Waals surface area contributed by atoms with Gasteiger partial charge in [0.15, 0.2) is 9.84 Å². The molecule has 3 aromatic rings. The van der Waals surface area contributed by atoms with Crippen LogP contribution >= 0.6 is 27.5 Å². The molecule has 0 radical (unpaired) electrons. The third-order valence-corrected chi connectivity index (χ3v) is 7.40. The van der Waals surface area contributed by atoms with Crippen LogP contribution in [0.25, 0.3) is 0 Å². The number of halogens is 2. The van der Waals surface area contributed by atoms with Crippen LogP contribution < -0.4 is 5.32 Å². The number of nitrogens with one attached hydrogen (secondary N) is 1. The Balaban J connectivity index is 1.74. The van der Waals surface area contributed by atoms with Crippen molar-refractivity contribution < 1.29 is 27.7 Å². The molecule has 1 atom stereocenters. The molecule has 1 amide bonds. The van der Waals surface area contributed by atoms with Crippen molar-refractivity contribution in [1.29, 1.82) is 0 Å². The van der Waals surface area contributed by atoms with Crippen molar-refractivity contribution in [3.63, 3.8) is 0 Å². The van der Waals surface area contributed by atoms with Gasteiger partial charge in [-0.1, -0.05) is 41.9 Å². The number of carbonyl (C=O) groups is 2. The van der Waals surface area contributed by atoms with Crippen molar-refractivity contribution in [3.05, 3.63) is 98.0 Å². The summed E-state index contributed by atoms with van der Waals surface area (Å²) in [5.41, 5.74) is 0.405. The molecule has 12 heteroatoms. The van der Waals surface area contributed by atoms with E-state index in [1.807, 2.05) is 0 Å². The Morgan fingerprint density at radius 1 is 1.06 bits per heavy atom. The Morgan fingerprint density at radius 3 is 2.31 bits per heavy atom. The molecule has 0 aliphatic heterocycles. The molecule has 0 fully saturated rings. The molecule has 0 heterocycles. The fraction of sp³-hybridized carbons (Fsp3) is 0.130. The van der Waals surface area contributed by atoms with Crippen LogP contribution in [0.2, 0.25) is 5.02 Å². The van der Waals surface area contributed by atoms with Gasteiger partial charge in [0.25, 0.3) is 11.6 Å². The van der Waals surface area contributed by atoms with Crippen LogP contribution in [0.3, 0.4) is 0 Å². The second-order valence-electron chi connectivity index (χ2n) is 7.21. The standard InChI is InChI=1S/C23H18BrClN2O7S/c24-19-14-17(27(30)31)8-11-20(19)26-23(29)22(15-4-2-1-3-5-15)34-21(28)12-13-35(32,33)18-9-6-16(25)7-10-18/h1-11,14,22H,12-13H2,(H,26,29)/t22-/m1/s1. The fourth-order valence-electron chi connectivity index (χ4n) is 2.99. The molecule has 35 heavy (non-hydrogen) atoms. The summed E-state index contributed by atoms with van der Waals surface area (Å²) in [5.74, 6) is -2.14. The van der Waals surface area contributed by atoms with Gasteiger partial charge < -0.3 is 10.1 Å². The average molecular weight is 582 g/mol. The number of benzene rings is 3. The Kier molecular flexibility index (Phi) is 8.60. The number of anilines is 1. The maximum atomic E-state index is 13.0. The summed E-state index contributed by atoms with van der Waals surface area (Å²) in [6, 6.07) is 17.5. The highest BCUT2D eigenvalue weighted by molar-refractivity contribution is 9.10. The molecule has 3 aromatic carbocycles. The van der Waals surface area contributed by atoms with Gasteiger partial charge in [-0.2, -0.15) is 0 Å². The molecule has 0 saturated heterocycles. The molecule has 0 unspecified atom stereocenters. The summed E-state index contributed by atoms with van der Waals surface area (Å²) in [6.45, 7) is 0. The van der Waals surface area contributed by atoms with Crippen LogP contribution in [0.1, 0.15) is 18.1 Å². The molecule has 9 nitrogen and oxygen atoms in total. The number of hydrogen-bond donors (Lipinski definition) is 1. The lowest BCUT2D eigenvalue weighted by Gasteiger charge is -2.18. The number of rotatable bonds is 9. The predicted molar refractivity (Wildman–Crippen MR) is 133 cm³/mol. The van der Waals surface area contributed by atoms with Gasteiger partial charge in [-0.3, -0.25) is 19.7 Å². The van der Waals surface area contributed by atoms with Crippen molar-refractivity contribution in [2.45, 2.75) is 17.4 Å². The maximum Gasteiger partial charge on any atom is 0.307 e. The van der Waals surface area contributed by atoms with E-state index < -0.39 is 44.9 Å².